The first-order chi connectivity index (χ1) is 9.36. The number of hydrogen-bond acceptors (Lipinski definition) is 6. The van der Waals surface area contributed by atoms with Crippen LogP contribution in [0.25, 0.3) is 5.65 Å². The molecule has 1 aliphatic rings. The van der Waals surface area contributed by atoms with Crippen LogP contribution in [-0.4, -0.2) is 68.2 Å². The summed E-state index contributed by atoms with van der Waals surface area (Å²) in [7, 11) is 0. The van der Waals surface area contributed by atoms with Gasteiger partial charge in [-0.05, 0) is 35.5 Å². The van der Waals surface area contributed by atoms with Gasteiger partial charge in [-0.15, -0.1) is 14.8 Å². The topological polar surface area (TPSA) is 62.5 Å². The molecule has 0 aliphatic carbocycles. The third-order valence-electron chi connectivity index (χ3n) is 3.37. The molecule has 0 saturated carbocycles. The highest BCUT2D eigenvalue weighted by Gasteiger charge is 2.16. The molecule has 7 nitrogen and oxygen atoms in total. The Kier molecular flexibility index (Phi) is 3.88. The second-order valence-electron chi connectivity index (χ2n) is 4.59. The first-order valence-corrected chi connectivity index (χ1v) is 7.57. The van der Waals surface area contributed by atoms with E-state index in [1.165, 1.54) is 4.63 Å². The Morgan fingerprint density at radius 1 is 1.16 bits per heavy atom. The van der Waals surface area contributed by atoms with Crippen molar-refractivity contribution in [3.63, 3.8) is 0 Å². The summed E-state index contributed by atoms with van der Waals surface area (Å²) in [6, 6.07) is 3.90. The van der Waals surface area contributed by atoms with Crippen molar-refractivity contribution in [2.75, 3.05) is 43.0 Å². The molecule has 1 fully saturated rings. The van der Waals surface area contributed by atoms with E-state index in [1.54, 1.807) is 0 Å². The fraction of sp³-hybridized carbons (Fsp3) is 0.636. The van der Waals surface area contributed by atoms with Gasteiger partial charge in [0.1, 0.15) is 0 Å². The van der Waals surface area contributed by atoms with Gasteiger partial charge in [-0.2, -0.15) is 0 Å². The molecule has 2 aromatic rings. The predicted octanol–water partition coefficient (Wildman–Crippen LogP) is 0.426. The molecule has 8 heteroatoms. The quantitative estimate of drug-likeness (QED) is 0.762. The monoisotopic (exact) mass is 325 g/mol. The molecule has 1 aliphatic heterocycles. The number of rotatable bonds is 3. The lowest BCUT2D eigenvalue weighted by atomic mass is 10.3. The number of hydrogen-bond donors (Lipinski definition) is 0. The molecule has 0 amide bonds. The molecule has 0 atom stereocenters. The van der Waals surface area contributed by atoms with Crippen LogP contribution in [0.5, 0.6) is 0 Å². The Morgan fingerprint density at radius 2 is 2.11 bits per heavy atom. The maximum absolute atomic E-state index is 4.45. The third kappa shape index (κ3) is 2.84. The van der Waals surface area contributed by atoms with Crippen molar-refractivity contribution in [1.29, 1.82) is 0 Å². The molecule has 2 aromatic heterocycles. The van der Waals surface area contributed by atoms with Crippen molar-refractivity contribution < 1.29 is 0 Å². The van der Waals surface area contributed by atoms with Crippen molar-refractivity contribution in [2.24, 2.45) is 0 Å². The molecule has 3 rings (SSSR count). The molecule has 0 spiro atoms. The Hall–Kier alpha value is -1.28. The van der Waals surface area contributed by atoms with Crippen LogP contribution >= 0.6 is 15.9 Å². The minimum atomic E-state index is 0.680. The van der Waals surface area contributed by atoms with E-state index in [2.05, 4.69) is 46.4 Å². The first-order valence-electron chi connectivity index (χ1n) is 6.45. The number of fused-ring (bicyclic) bond motifs is 1. The lowest BCUT2D eigenvalue weighted by Crippen LogP contribution is -2.32. The normalized spacial score (nSPS) is 17.8. The molecule has 0 N–H and O–H groups in total. The largest absolute Gasteiger partial charge is 0.354 e. The van der Waals surface area contributed by atoms with Gasteiger partial charge in [0.05, 0.1) is 0 Å². The van der Waals surface area contributed by atoms with Crippen LogP contribution in [0.2, 0.25) is 0 Å². The minimum absolute atomic E-state index is 0.680. The van der Waals surface area contributed by atoms with Crippen molar-refractivity contribution in [1.82, 2.24) is 30.2 Å². The van der Waals surface area contributed by atoms with E-state index in [0.29, 0.717) is 5.65 Å². The Bertz CT molecular complexity index is 543. The fourth-order valence-corrected chi connectivity index (χ4v) is 2.85. The average Bonchev–Trinajstić information content (AvgIpc) is 2.77. The lowest BCUT2D eigenvalue weighted by molar-refractivity contribution is 0.313. The second-order valence-corrected chi connectivity index (χ2v) is 5.38. The molecule has 0 unspecified atom stereocenters. The Balaban J connectivity index is 1.74. The maximum Gasteiger partial charge on any atom is 0.200 e. The van der Waals surface area contributed by atoms with Crippen LogP contribution in [0, 0.1) is 0 Å². The van der Waals surface area contributed by atoms with Gasteiger partial charge in [0.15, 0.2) is 11.5 Å². The van der Waals surface area contributed by atoms with Gasteiger partial charge in [0.25, 0.3) is 0 Å². The van der Waals surface area contributed by atoms with E-state index >= 15 is 0 Å². The average molecular weight is 326 g/mol. The van der Waals surface area contributed by atoms with E-state index in [1.807, 2.05) is 12.1 Å². The van der Waals surface area contributed by atoms with Crippen LogP contribution in [-0.2, 0) is 0 Å². The van der Waals surface area contributed by atoms with Crippen molar-refractivity contribution in [3.8, 4) is 0 Å². The second kappa shape index (κ2) is 5.79. The summed E-state index contributed by atoms with van der Waals surface area (Å²) >= 11 is 3.50. The smallest absolute Gasteiger partial charge is 0.200 e. The van der Waals surface area contributed by atoms with E-state index in [9.17, 15) is 0 Å². The number of aromatic nitrogens is 5. The molecular formula is C11H16BrN7. The van der Waals surface area contributed by atoms with E-state index < -0.39 is 0 Å². The van der Waals surface area contributed by atoms with Crippen molar-refractivity contribution in [3.05, 3.63) is 12.1 Å². The third-order valence-corrected chi connectivity index (χ3v) is 3.72. The molecule has 3 heterocycles. The van der Waals surface area contributed by atoms with Gasteiger partial charge in [0.2, 0.25) is 0 Å². The molecule has 0 radical (unpaired) electrons. The first kappa shape index (κ1) is 12.7. The highest BCUT2D eigenvalue weighted by atomic mass is 79.9. The van der Waals surface area contributed by atoms with Gasteiger partial charge >= 0.3 is 0 Å². The van der Waals surface area contributed by atoms with E-state index in [4.69, 9.17) is 0 Å². The van der Waals surface area contributed by atoms with Crippen molar-refractivity contribution in [2.45, 2.75) is 6.42 Å². The van der Waals surface area contributed by atoms with Gasteiger partial charge in [0, 0.05) is 31.5 Å². The standard InChI is InChI=1S/C11H16BrN7/c12-4-7-17-5-1-6-18(9-8-17)11-3-2-10-13-15-16-19(10)14-11/h2-3H,1,4-9H2. The number of anilines is 1. The summed E-state index contributed by atoms with van der Waals surface area (Å²) in [6.07, 6.45) is 1.16. The fourth-order valence-electron chi connectivity index (χ4n) is 2.35. The van der Waals surface area contributed by atoms with Crippen LogP contribution < -0.4 is 4.90 Å². The van der Waals surface area contributed by atoms with E-state index in [-0.39, 0.29) is 0 Å². The van der Waals surface area contributed by atoms with Crippen LogP contribution in [0.1, 0.15) is 6.42 Å². The van der Waals surface area contributed by atoms with Gasteiger partial charge in [-0.3, -0.25) is 0 Å². The highest BCUT2D eigenvalue weighted by Crippen LogP contribution is 2.13. The minimum Gasteiger partial charge on any atom is -0.354 e. The number of halogens is 1. The van der Waals surface area contributed by atoms with E-state index in [0.717, 1.165) is 50.3 Å². The predicted molar refractivity (Wildman–Crippen MR) is 75.6 cm³/mol. The van der Waals surface area contributed by atoms with Crippen LogP contribution in [0.3, 0.4) is 0 Å². The van der Waals surface area contributed by atoms with Gasteiger partial charge in [-0.1, -0.05) is 15.9 Å². The summed E-state index contributed by atoms with van der Waals surface area (Å²) in [5, 5.41) is 16.8. The highest BCUT2D eigenvalue weighted by molar-refractivity contribution is 9.09. The summed E-state index contributed by atoms with van der Waals surface area (Å²) in [6.45, 7) is 5.34. The molecule has 0 bridgehead atoms. The van der Waals surface area contributed by atoms with Crippen LogP contribution in [0.4, 0.5) is 5.82 Å². The summed E-state index contributed by atoms with van der Waals surface area (Å²) in [5.74, 6) is 0.945. The van der Waals surface area contributed by atoms with Gasteiger partial charge in [-0.25, -0.2) is 0 Å². The number of nitrogens with zero attached hydrogens (tertiary/aromatic N) is 7. The SMILES string of the molecule is BrCCN1CCCN(c2ccc3nnnn3n2)CC1. The molecule has 0 aromatic carbocycles. The number of alkyl halides is 1. The Labute approximate surface area is 119 Å². The lowest BCUT2D eigenvalue weighted by Gasteiger charge is -2.21. The molecule has 102 valence electrons. The van der Waals surface area contributed by atoms with Gasteiger partial charge < -0.3 is 9.80 Å². The summed E-state index contributed by atoms with van der Waals surface area (Å²) in [5.41, 5.74) is 0.680. The molecule has 19 heavy (non-hydrogen) atoms. The Morgan fingerprint density at radius 3 is 3.00 bits per heavy atom. The summed E-state index contributed by atoms with van der Waals surface area (Å²) in [4.78, 5) is 4.78. The zero-order valence-electron chi connectivity index (χ0n) is 10.6. The summed E-state index contributed by atoms with van der Waals surface area (Å²) < 4.78 is 1.48. The molecular weight excluding hydrogens is 310 g/mol. The number of tetrazole rings is 1. The van der Waals surface area contributed by atoms with Crippen molar-refractivity contribution >= 4 is 27.4 Å². The van der Waals surface area contributed by atoms with Crippen LogP contribution in [0.15, 0.2) is 12.1 Å². The zero-order chi connectivity index (χ0) is 13.1. The molecule has 1 saturated heterocycles. The zero-order valence-corrected chi connectivity index (χ0v) is 12.2. The maximum atomic E-state index is 4.45.